The molecule has 19 heavy (non-hydrogen) atoms. The monoisotopic (exact) mass is 278 g/mol. The van der Waals surface area contributed by atoms with E-state index >= 15 is 0 Å². The Hall–Kier alpha value is -0.570. The van der Waals surface area contributed by atoms with Crippen molar-refractivity contribution in [3.8, 4) is 0 Å². The minimum absolute atomic E-state index is 0.219. The Morgan fingerprint density at radius 2 is 1.79 bits per heavy atom. The molecule has 1 aromatic rings. The van der Waals surface area contributed by atoms with E-state index in [2.05, 4.69) is 28.4 Å². The highest BCUT2D eigenvalue weighted by Crippen LogP contribution is 2.39. The molecule has 0 aliphatic carbocycles. The average Bonchev–Trinajstić information content (AvgIpc) is 2.49. The minimum Gasteiger partial charge on any atom is -0.317 e. The standard InChI is InChI=1S/C16H23ClN2/c17-15-6-4-5-14(13-15)16(7-9-18-10-8-16)19-11-2-1-3-12-19/h4-6,13,18H,1-3,7-12H2. The average molecular weight is 279 g/mol. The van der Waals surface area contributed by atoms with E-state index in [9.17, 15) is 0 Å². The van der Waals surface area contributed by atoms with Crippen LogP contribution in [0, 0.1) is 0 Å². The molecule has 0 radical (unpaired) electrons. The molecule has 2 heterocycles. The third-order valence-electron chi connectivity index (χ3n) is 4.75. The lowest BCUT2D eigenvalue weighted by Crippen LogP contribution is -2.53. The molecule has 0 unspecified atom stereocenters. The number of rotatable bonds is 2. The van der Waals surface area contributed by atoms with Gasteiger partial charge in [-0.15, -0.1) is 0 Å². The van der Waals surface area contributed by atoms with Crippen LogP contribution in [0.1, 0.15) is 37.7 Å². The number of nitrogens with one attached hydrogen (secondary N) is 1. The van der Waals surface area contributed by atoms with Crippen molar-refractivity contribution in [2.24, 2.45) is 0 Å². The van der Waals surface area contributed by atoms with Gasteiger partial charge in [-0.2, -0.15) is 0 Å². The Balaban J connectivity index is 1.95. The number of benzene rings is 1. The van der Waals surface area contributed by atoms with Gasteiger partial charge in [-0.1, -0.05) is 30.2 Å². The largest absolute Gasteiger partial charge is 0.317 e. The van der Waals surface area contributed by atoms with Crippen molar-refractivity contribution in [3.05, 3.63) is 34.9 Å². The van der Waals surface area contributed by atoms with Gasteiger partial charge in [-0.05, 0) is 69.6 Å². The summed E-state index contributed by atoms with van der Waals surface area (Å²) in [5.74, 6) is 0. The van der Waals surface area contributed by atoms with E-state index in [1.807, 2.05) is 6.07 Å². The molecule has 1 aromatic carbocycles. The SMILES string of the molecule is Clc1cccc(C2(N3CCCCC3)CCNCC2)c1. The van der Waals surface area contributed by atoms with Crippen molar-refractivity contribution >= 4 is 11.6 Å². The molecule has 2 fully saturated rings. The third kappa shape index (κ3) is 2.67. The van der Waals surface area contributed by atoms with E-state index in [1.165, 1.54) is 50.8 Å². The Kier molecular flexibility index (Phi) is 4.11. The van der Waals surface area contributed by atoms with Gasteiger partial charge in [-0.3, -0.25) is 4.90 Å². The van der Waals surface area contributed by atoms with Crippen molar-refractivity contribution in [2.45, 2.75) is 37.6 Å². The van der Waals surface area contributed by atoms with Gasteiger partial charge >= 0.3 is 0 Å². The van der Waals surface area contributed by atoms with Crippen LogP contribution in [0.25, 0.3) is 0 Å². The molecule has 0 spiro atoms. The summed E-state index contributed by atoms with van der Waals surface area (Å²) in [7, 11) is 0. The van der Waals surface area contributed by atoms with Gasteiger partial charge in [0.25, 0.3) is 0 Å². The summed E-state index contributed by atoms with van der Waals surface area (Å²) >= 11 is 6.23. The molecule has 0 bridgehead atoms. The first-order chi connectivity index (χ1) is 9.31. The topological polar surface area (TPSA) is 15.3 Å². The van der Waals surface area contributed by atoms with E-state index in [0.717, 1.165) is 18.1 Å². The van der Waals surface area contributed by atoms with Gasteiger partial charge in [0, 0.05) is 10.6 Å². The normalized spacial score (nSPS) is 24.3. The molecule has 0 aromatic heterocycles. The number of hydrogen-bond donors (Lipinski definition) is 1. The lowest BCUT2D eigenvalue weighted by atomic mass is 9.79. The summed E-state index contributed by atoms with van der Waals surface area (Å²) in [5.41, 5.74) is 1.64. The van der Waals surface area contributed by atoms with Crippen LogP contribution >= 0.6 is 11.6 Å². The highest BCUT2D eigenvalue weighted by molar-refractivity contribution is 6.30. The van der Waals surface area contributed by atoms with Gasteiger partial charge in [0.1, 0.15) is 0 Å². The third-order valence-corrected chi connectivity index (χ3v) is 4.99. The van der Waals surface area contributed by atoms with Crippen LogP contribution in [0.15, 0.2) is 24.3 Å². The Bertz CT molecular complexity index is 421. The van der Waals surface area contributed by atoms with Crippen molar-refractivity contribution in [1.82, 2.24) is 10.2 Å². The summed E-state index contributed by atoms with van der Waals surface area (Å²) in [4.78, 5) is 2.73. The van der Waals surface area contributed by atoms with Crippen LogP contribution in [-0.2, 0) is 5.54 Å². The summed E-state index contributed by atoms with van der Waals surface area (Å²) in [6.45, 7) is 4.71. The lowest BCUT2D eigenvalue weighted by Gasteiger charge is -2.49. The summed E-state index contributed by atoms with van der Waals surface area (Å²) in [6.07, 6.45) is 6.48. The van der Waals surface area contributed by atoms with Gasteiger partial charge < -0.3 is 5.32 Å². The van der Waals surface area contributed by atoms with E-state index in [-0.39, 0.29) is 5.54 Å². The molecule has 2 aliphatic heterocycles. The maximum atomic E-state index is 6.23. The number of hydrogen-bond acceptors (Lipinski definition) is 2. The quantitative estimate of drug-likeness (QED) is 0.892. The van der Waals surface area contributed by atoms with Crippen molar-refractivity contribution in [2.75, 3.05) is 26.2 Å². The molecule has 3 heteroatoms. The van der Waals surface area contributed by atoms with Crippen LogP contribution in [-0.4, -0.2) is 31.1 Å². The second kappa shape index (κ2) is 5.82. The van der Waals surface area contributed by atoms with Crippen LogP contribution < -0.4 is 5.32 Å². The predicted molar refractivity (Wildman–Crippen MR) is 80.7 cm³/mol. The van der Waals surface area contributed by atoms with Crippen LogP contribution in [0.2, 0.25) is 5.02 Å². The number of halogens is 1. The van der Waals surface area contributed by atoms with Gasteiger partial charge in [0.15, 0.2) is 0 Å². The maximum absolute atomic E-state index is 6.23. The first kappa shape index (κ1) is 13.4. The molecular formula is C16H23ClN2. The smallest absolute Gasteiger partial charge is 0.0485 e. The zero-order chi connectivity index (χ0) is 13.1. The van der Waals surface area contributed by atoms with Crippen molar-refractivity contribution < 1.29 is 0 Å². The second-order valence-electron chi connectivity index (χ2n) is 5.84. The molecule has 1 N–H and O–H groups in total. The van der Waals surface area contributed by atoms with E-state index in [1.54, 1.807) is 0 Å². The number of likely N-dealkylation sites (tertiary alicyclic amines) is 1. The van der Waals surface area contributed by atoms with E-state index in [4.69, 9.17) is 11.6 Å². The molecule has 2 aliphatic rings. The fourth-order valence-electron chi connectivity index (χ4n) is 3.73. The van der Waals surface area contributed by atoms with Gasteiger partial charge in [-0.25, -0.2) is 0 Å². The molecule has 104 valence electrons. The van der Waals surface area contributed by atoms with Crippen LogP contribution in [0.4, 0.5) is 0 Å². The molecular weight excluding hydrogens is 256 g/mol. The van der Waals surface area contributed by atoms with E-state index < -0.39 is 0 Å². The molecule has 0 amide bonds. The highest BCUT2D eigenvalue weighted by Gasteiger charge is 2.39. The second-order valence-corrected chi connectivity index (χ2v) is 6.28. The molecule has 3 rings (SSSR count). The highest BCUT2D eigenvalue weighted by atomic mass is 35.5. The predicted octanol–water partition coefficient (Wildman–Crippen LogP) is 3.40. The lowest BCUT2D eigenvalue weighted by molar-refractivity contribution is 0.0360. The molecule has 0 atom stereocenters. The zero-order valence-corrected chi connectivity index (χ0v) is 12.3. The maximum Gasteiger partial charge on any atom is 0.0485 e. The fourth-order valence-corrected chi connectivity index (χ4v) is 3.92. The summed E-state index contributed by atoms with van der Waals surface area (Å²) in [5, 5.41) is 4.37. The Morgan fingerprint density at radius 1 is 1.05 bits per heavy atom. The number of nitrogens with zero attached hydrogens (tertiary/aromatic N) is 1. The Labute approximate surface area is 121 Å². The van der Waals surface area contributed by atoms with Gasteiger partial charge in [0.2, 0.25) is 0 Å². The van der Waals surface area contributed by atoms with Crippen LogP contribution in [0.5, 0.6) is 0 Å². The van der Waals surface area contributed by atoms with Crippen molar-refractivity contribution in [3.63, 3.8) is 0 Å². The zero-order valence-electron chi connectivity index (χ0n) is 11.5. The first-order valence-corrected chi connectivity index (χ1v) is 7.91. The van der Waals surface area contributed by atoms with Crippen LogP contribution in [0.3, 0.4) is 0 Å². The summed E-state index contributed by atoms with van der Waals surface area (Å²) < 4.78 is 0. The molecule has 2 saturated heterocycles. The fraction of sp³-hybridized carbons (Fsp3) is 0.625. The van der Waals surface area contributed by atoms with E-state index in [0.29, 0.717) is 0 Å². The first-order valence-electron chi connectivity index (χ1n) is 7.53. The van der Waals surface area contributed by atoms with Gasteiger partial charge in [0.05, 0.1) is 0 Å². The molecule has 2 nitrogen and oxygen atoms in total. The molecule has 0 saturated carbocycles. The number of piperidine rings is 2. The summed E-state index contributed by atoms with van der Waals surface area (Å²) in [6, 6.07) is 8.54. The van der Waals surface area contributed by atoms with Crippen molar-refractivity contribution in [1.29, 1.82) is 0 Å². The Morgan fingerprint density at radius 3 is 2.47 bits per heavy atom. The minimum atomic E-state index is 0.219.